The van der Waals surface area contributed by atoms with E-state index in [2.05, 4.69) is 63.0 Å². The van der Waals surface area contributed by atoms with Gasteiger partial charge in [-0.2, -0.15) is 0 Å². The number of hydrogen-bond donors (Lipinski definition) is 1. The molecule has 0 aliphatic carbocycles. The number of nitrogens with one attached hydrogen (secondary N) is 1. The maximum Gasteiger partial charge on any atom is 0.0470 e. The van der Waals surface area contributed by atoms with Crippen LogP contribution in [0.1, 0.15) is 31.9 Å². The highest BCUT2D eigenvalue weighted by Crippen LogP contribution is 2.30. The van der Waals surface area contributed by atoms with Crippen LogP contribution in [0.2, 0.25) is 0 Å². The molecular formula is C16H26N2. The topological polar surface area (TPSA) is 15.3 Å². The monoisotopic (exact) mass is 246 g/mol. The molecule has 1 fully saturated rings. The Morgan fingerprint density at radius 2 is 2.00 bits per heavy atom. The minimum absolute atomic E-state index is 0.170. The Morgan fingerprint density at radius 1 is 1.28 bits per heavy atom. The van der Waals surface area contributed by atoms with Crippen LogP contribution in [-0.4, -0.2) is 25.2 Å². The Morgan fingerprint density at radius 3 is 2.72 bits per heavy atom. The third-order valence-corrected chi connectivity index (χ3v) is 4.14. The van der Waals surface area contributed by atoms with Crippen molar-refractivity contribution in [2.75, 3.05) is 24.5 Å². The predicted molar refractivity (Wildman–Crippen MR) is 79.4 cm³/mol. The van der Waals surface area contributed by atoms with E-state index in [1.54, 1.807) is 0 Å². The Hall–Kier alpha value is -1.02. The number of rotatable bonds is 1. The first-order chi connectivity index (χ1) is 8.42. The van der Waals surface area contributed by atoms with E-state index in [4.69, 9.17) is 0 Å². The third-order valence-electron chi connectivity index (χ3n) is 4.14. The van der Waals surface area contributed by atoms with Crippen molar-refractivity contribution in [3.63, 3.8) is 0 Å². The van der Waals surface area contributed by atoms with Gasteiger partial charge in [-0.1, -0.05) is 19.1 Å². The molecule has 1 aromatic rings. The van der Waals surface area contributed by atoms with Gasteiger partial charge in [-0.25, -0.2) is 0 Å². The van der Waals surface area contributed by atoms with E-state index in [1.807, 2.05) is 0 Å². The first kappa shape index (κ1) is 13.4. The summed E-state index contributed by atoms with van der Waals surface area (Å²) >= 11 is 0. The SMILES string of the molecule is Cc1cccc(N2CC(C)CNCC2(C)C)c1C. The van der Waals surface area contributed by atoms with Gasteiger partial charge in [-0.3, -0.25) is 0 Å². The molecule has 0 bridgehead atoms. The van der Waals surface area contributed by atoms with Gasteiger partial charge in [-0.15, -0.1) is 0 Å². The summed E-state index contributed by atoms with van der Waals surface area (Å²) in [5.41, 5.74) is 4.37. The van der Waals surface area contributed by atoms with Gasteiger partial charge in [0.25, 0.3) is 0 Å². The molecule has 2 nitrogen and oxygen atoms in total. The fourth-order valence-electron chi connectivity index (χ4n) is 2.80. The van der Waals surface area contributed by atoms with Crippen LogP contribution in [0.25, 0.3) is 0 Å². The molecule has 0 radical (unpaired) electrons. The smallest absolute Gasteiger partial charge is 0.0470 e. The zero-order valence-electron chi connectivity index (χ0n) is 12.4. The van der Waals surface area contributed by atoms with Gasteiger partial charge < -0.3 is 10.2 Å². The fourth-order valence-corrected chi connectivity index (χ4v) is 2.80. The Labute approximate surface area is 111 Å². The van der Waals surface area contributed by atoms with Crippen molar-refractivity contribution in [1.82, 2.24) is 5.32 Å². The molecule has 18 heavy (non-hydrogen) atoms. The molecule has 1 N–H and O–H groups in total. The molecule has 1 unspecified atom stereocenters. The average molecular weight is 246 g/mol. The van der Waals surface area contributed by atoms with E-state index >= 15 is 0 Å². The summed E-state index contributed by atoms with van der Waals surface area (Å²) in [4.78, 5) is 2.58. The van der Waals surface area contributed by atoms with Crippen LogP contribution in [0.15, 0.2) is 18.2 Å². The summed E-state index contributed by atoms with van der Waals surface area (Å²) in [7, 11) is 0. The highest BCUT2D eigenvalue weighted by molar-refractivity contribution is 5.58. The lowest BCUT2D eigenvalue weighted by molar-refractivity contribution is 0.459. The molecule has 1 aliphatic rings. The van der Waals surface area contributed by atoms with E-state index in [9.17, 15) is 0 Å². The Bertz CT molecular complexity index is 423. The Kier molecular flexibility index (Phi) is 3.67. The van der Waals surface area contributed by atoms with Gasteiger partial charge in [0.2, 0.25) is 0 Å². The number of anilines is 1. The standard InChI is InChI=1S/C16H26N2/c1-12-9-17-11-16(4,5)18(10-12)15-8-6-7-13(2)14(15)3/h6-8,12,17H,9-11H2,1-5H3. The molecule has 0 aromatic heterocycles. The zero-order valence-corrected chi connectivity index (χ0v) is 12.4. The van der Waals surface area contributed by atoms with Gasteiger partial charge in [0.15, 0.2) is 0 Å². The second-order valence-corrected chi connectivity index (χ2v) is 6.38. The van der Waals surface area contributed by atoms with Crippen LogP contribution in [0.4, 0.5) is 5.69 Å². The molecule has 2 rings (SSSR count). The van der Waals surface area contributed by atoms with Crippen molar-refractivity contribution in [2.24, 2.45) is 5.92 Å². The van der Waals surface area contributed by atoms with Crippen LogP contribution >= 0.6 is 0 Å². The zero-order chi connectivity index (χ0) is 13.3. The minimum atomic E-state index is 0.170. The molecule has 0 spiro atoms. The number of nitrogens with zero attached hydrogens (tertiary/aromatic N) is 1. The normalized spacial score (nSPS) is 23.8. The summed E-state index contributed by atoms with van der Waals surface area (Å²) in [6.45, 7) is 14.7. The van der Waals surface area contributed by atoms with Crippen LogP contribution in [0.3, 0.4) is 0 Å². The largest absolute Gasteiger partial charge is 0.365 e. The molecule has 1 aliphatic heterocycles. The first-order valence-electron chi connectivity index (χ1n) is 6.96. The third kappa shape index (κ3) is 2.54. The van der Waals surface area contributed by atoms with Gasteiger partial charge in [0, 0.05) is 24.3 Å². The van der Waals surface area contributed by atoms with E-state index in [-0.39, 0.29) is 5.54 Å². The summed E-state index contributed by atoms with van der Waals surface area (Å²) in [6, 6.07) is 6.64. The van der Waals surface area contributed by atoms with Gasteiger partial charge >= 0.3 is 0 Å². The van der Waals surface area contributed by atoms with Crippen molar-refractivity contribution in [3.05, 3.63) is 29.3 Å². The van der Waals surface area contributed by atoms with Crippen LogP contribution in [0, 0.1) is 19.8 Å². The summed E-state index contributed by atoms with van der Waals surface area (Å²) in [5, 5.41) is 3.58. The molecule has 1 heterocycles. The lowest BCUT2D eigenvalue weighted by Gasteiger charge is -2.40. The second-order valence-electron chi connectivity index (χ2n) is 6.38. The number of hydrogen-bond acceptors (Lipinski definition) is 2. The second kappa shape index (κ2) is 4.93. The van der Waals surface area contributed by atoms with Gasteiger partial charge in [-0.05, 0) is 57.4 Å². The maximum absolute atomic E-state index is 3.58. The first-order valence-corrected chi connectivity index (χ1v) is 6.96. The number of benzene rings is 1. The van der Waals surface area contributed by atoms with Gasteiger partial charge in [0.1, 0.15) is 0 Å². The van der Waals surface area contributed by atoms with Crippen molar-refractivity contribution in [1.29, 1.82) is 0 Å². The molecule has 0 saturated carbocycles. The van der Waals surface area contributed by atoms with Crippen LogP contribution in [-0.2, 0) is 0 Å². The minimum Gasteiger partial charge on any atom is -0.365 e. The lowest BCUT2D eigenvalue weighted by atomic mass is 9.98. The van der Waals surface area contributed by atoms with E-state index in [1.165, 1.54) is 16.8 Å². The maximum atomic E-state index is 3.58. The van der Waals surface area contributed by atoms with E-state index < -0.39 is 0 Å². The summed E-state index contributed by atoms with van der Waals surface area (Å²) < 4.78 is 0. The predicted octanol–water partition coefficient (Wildman–Crippen LogP) is 3.13. The van der Waals surface area contributed by atoms with Crippen molar-refractivity contribution >= 4 is 5.69 Å². The van der Waals surface area contributed by atoms with E-state index in [0.717, 1.165) is 19.6 Å². The van der Waals surface area contributed by atoms with Crippen LogP contribution in [0.5, 0.6) is 0 Å². The average Bonchev–Trinajstić information content (AvgIpc) is 2.42. The van der Waals surface area contributed by atoms with Crippen LogP contribution < -0.4 is 10.2 Å². The highest BCUT2D eigenvalue weighted by Gasteiger charge is 2.31. The molecule has 1 saturated heterocycles. The highest BCUT2D eigenvalue weighted by atomic mass is 15.2. The fraction of sp³-hybridized carbons (Fsp3) is 0.625. The summed E-state index contributed by atoms with van der Waals surface area (Å²) in [5.74, 6) is 0.687. The molecular weight excluding hydrogens is 220 g/mol. The Balaban J connectivity index is 2.41. The van der Waals surface area contributed by atoms with Crippen molar-refractivity contribution in [2.45, 2.75) is 40.2 Å². The van der Waals surface area contributed by atoms with Crippen molar-refractivity contribution in [3.8, 4) is 0 Å². The molecule has 1 aromatic carbocycles. The molecule has 1 atom stereocenters. The number of aryl methyl sites for hydroxylation is 1. The summed E-state index contributed by atoms with van der Waals surface area (Å²) in [6.07, 6.45) is 0. The quantitative estimate of drug-likeness (QED) is 0.819. The van der Waals surface area contributed by atoms with E-state index in [0.29, 0.717) is 5.92 Å². The van der Waals surface area contributed by atoms with Gasteiger partial charge in [0.05, 0.1) is 0 Å². The molecule has 100 valence electrons. The molecule has 2 heteroatoms. The molecule has 0 amide bonds. The lowest BCUT2D eigenvalue weighted by Crippen LogP contribution is -2.49. The van der Waals surface area contributed by atoms with Crippen molar-refractivity contribution < 1.29 is 0 Å².